The topological polar surface area (TPSA) is 46.3 Å². The quantitative estimate of drug-likeness (QED) is 0.525. The van der Waals surface area contributed by atoms with Crippen LogP contribution in [0.5, 0.6) is 0 Å². The summed E-state index contributed by atoms with van der Waals surface area (Å²) in [6.45, 7) is 0.801. The third-order valence-corrected chi connectivity index (χ3v) is 5.52. The summed E-state index contributed by atoms with van der Waals surface area (Å²) in [5.74, 6) is 0.150. The van der Waals surface area contributed by atoms with Crippen molar-refractivity contribution in [3.63, 3.8) is 0 Å². The smallest absolute Gasteiger partial charge is 0.227 e. The van der Waals surface area contributed by atoms with E-state index in [1.165, 1.54) is 0 Å². The lowest BCUT2D eigenvalue weighted by molar-refractivity contribution is -0.131. The molecule has 0 bridgehead atoms. The fourth-order valence-electron chi connectivity index (χ4n) is 4.25. The van der Waals surface area contributed by atoms with E-state index in [1.54, 1.807) is 12.5 Å². The molecule has 1 amide bonds. The van der Waals surface area contributed by atoms with Gasteiger partial charge in [-0.25, -0.2) is 0 Å². The van der Waals surface area contributed by atoms with Gasteiger partial charge in [0.15, 0.2) is 0 Å². The summed E-state index contributed by atoms with van der Waals surface area (Å²) in [5, 5.41) is 3.35. The van der Waals surface area contributed by atoms with Gasteiger partial charge in [0.2, 0.25) is 5.91 Å². The van der Waals surface area contributed by atoms with Gasteiger partial charge in [-0.15, -0.1) is 0 Å². The van der Waals surface area contributed by atoms with Gasteiger partial charge in [-0.05, 0) is 41.3 Å². The average Bonchev–Trinajstić information content (AvgIpc) is 3.36. The van der Waals surface area contributed by atoms with E-state index in [4.69, 9.17) is 4.42 Å². The Morgan fingerprint density at radius 1 is 1.15 bits per heavy atom. The first-order valence-electron chi connectivity index (χ1n) is 9.38. The summed E-state index contributed by atoms with van der Waals surface area (Å²) >= 11 is 0. The molecule has 0 saturated carbocycles. The van der Waals surface area contributed by atoms with Crippen molar-refractivity contribution in [2.75, 3.05) is 6.54 Å². The number of hydrogen-bond donors (Lipinski definition) is 0. The molecular weight excluding hydrogens is 336 g/mol. The molecular formula is C23H20N2O2. The van der Waals surface area contributed by atoms with Gasteiger partial charge in [0.1, 0.15) is 5.58 Å². The van der Waals surface area contributed by atoms with Crippen LogP contribution in [-0.2, 0) is 11.2 Å². The Balaban J connectivity index is 1.48. The Labute approximate surface area is 157 Å². The molecule has 0 radical (unpaired) electrons. The molecule has 0 unspecified atom stereocenters. The Morgan fingerprint density at radius 3 is 2.96 bits per heavy atom. The summed E-state index contributed by atoms with van der Waals surface area (Å²) in [6, 6.07) is 16.4. The zero-order valence-corrected chi connectivity index (χ0v) is 15.0. The van der Waals surface area contributed by atoms with Crippen molar-refractivity contribution in [1.82, 2.24) is 9.88 Å². The highest BCUT2D eigenvalue weighted by atomic mass is 16.3. The highest BCUT2D eigenvalue weighted by molar-refractivity contribution is 6.08. The molecule has 0 N–H and O–H groups in total. The normalized spacial score (nSPS) is 17.0. The van der Waals surface area contributed by atoms with E-state index in [-0.39, 0.29) is 11.9 Å². The van der Waals surface area contributed by atoms with Gasteiger partial charge in [0, 0.05) is 29.9 Å². The van der Waals surface area contributed by atoms with E-state index in [1.807, 2.05) is 35.4 Å². The molecule has 1 fully saturated rings. The highest BCUT2D eigenvalue weighted by Gasteiger charge is 2.30. The average molecular weight is 356 g/mol. The SMILES string of the molecule is O=C(Cc1coc2ccc3ccccc3c12)N1CCC[C@@H]1c1cccnc1. The molecule has 4 aromatic rings. The Morgan fingerprint density at radius 2 is 2.07 bits per heavy atom. The van der Waals surface area contributed by atoms with Crippen LogP contribution < -0.4 is 0 Å². The van der Waals surface area contributed by atoms with Crippen molar-refractivity contribution in [1.29, 1.82) is 0 Å². The minimum Gasteiger partial charge on any atom is -0.464 e. The molecule has 1 atom stereocenters. The molecule has 4 heteroatoms. The Hall–Kier alpha value is -3.14. The van der Waals surface area contributed by atoms with Crippen molar-refractivity contribution in [3.05, 3.63) is 78.3 Å². The van der Waals surface area contributed by atoms with Crippen molar-refractivity contribution in [2.45, 2.75) is 25.3 Å². The van der Waals surface area contributed by atoms with Crippen molar-refractivity contribution < 1.29 is 9.21 Å². The zero-order valence-electron chi connectivity index (χ0n) is 15.0. The van der Waals surface area contributed by atoms with Crippen LogP contribution >= 0.6 is 0 Å². The predicted molar refractivity (Wildman–Crippen MR) is 105 cm³/mol. The molecule has 2 aromatic carbocycles. The number of fused-ring (bicyclic) bond motifs is 3. The molecule has 1 aliphatic rings. The summed E-state index contributed by atoms with van der Waals surface area (Å²) in [5.41, 5.74) is 2.91. The van der Waals surface area contributed by atoms with Crippen LogP contribution in [0.4, 0.5) is 0 Å². The van der Waals surface area contributed by atoms with Crippen molar-refractivity contribution in [3.8, 4) is 0 Å². The molecule has 1 aliphatic heterocycles. The van der Waals surface area contributed by atoms with Gasteiger partial charge in [-0.3, -0.25) is 9.78 Å². The second kappa shape index (κ2) is 6.54. The number of carbonyl (C=O) groups is 1. The molecule has 0 aliphatic carbocycles. The van der Waals surface area contributed by atoms with Crippen LogP contribution in [0.2, 0.25) is 0 Å². The summed E-state index contributed by atoms with van der Waals surface area (Å²) in [4.78, 5) is 19.4. The first-order chi connectivity index (χ1) is 13.3. The van der Waals surface area contributed by atoms with Gasteiger partial charge in [-0.2, -0.15) is 0 Å². The third kappa shape index (κ3) is 2.78. The van der Waals surface area contributed by atoms with Crippen LogP contribution in [0, 0.1) is 0 Å². The van der Waals surface area contributed by atoms with E-state index in [9.17, 15) is 4.79 Å². The van der Waals surface area contributed by atoms with Gasteiger partial charge < -0.3 is 9.32 Å². The maximum atomic E-state index is 13.1. The van der Waals surface area contributed by atoms with Gasteiger partial charge >= 0.3 is 0 Å². The number of benzene rings is 2. The first kappa shape index (κ1) is 16.1. The van der Waals surface area contributed by atoms with E-state index in [0.717, 1.165) is 52.3 Å². The van der Waals surface area contributed by atoms with Crippen molar-refractivity contribution >= 4 is 27.6 Å². The fraction of sp³-hybridized carbons (Fsp3) is 0.217. The molecule has 0 spiro atoms. The summed E-state index contributed by atoms with van der Waals surface area (Å²) < 4.78 is 5.75. The van der Waals surface area contributed by atoms with Gasteiger partial charge in [0.05, 0.1) is 18.7 Å². The third-order valence-electron chi connectivity index (χ3n) is 5.52. The van der Waals surface area contributed by atoms with Crippen LogP contribution in [0.15, 0.2) is 71.6 Å². The summed E-state index contributed by atoms with van der Waals surface area (Å²) in [7, 11) is 0. The molecule has 5 rings (SSSR count). The maximum Gasteiger partial charge on any atom is 0.227 e. The Kier molecular flexibility index (Phi) is 3.89. The van der Waals surface area contributed by atoms with Crippen LogP contribution in [0.25, 0.3) is 21.7 Å². The molecule has 3 heterocycles. The molecule has 1 saturated heterocycles. The number of carbonyl (C=O) groups excluding carboxylic acids is 1. The molecule has 134 valence electrons. The Bertz CT molecular complexity index is 1120. The number of nitrogens with zero attached hydrogens (tertiary/aromatic N) is 2. The number of furan rings is 1. The lowest BCUT2D eigenvalue weighted by Crippen LogP contribution is -2.31. The largest absolute Gasteiger partial charge is 0.464 e. The second-order valence-electron chi connectivity index (χ2n) is 7.13. The predicted octanol–water partition coefficient (Wildman–Crippen LogP) is 4.89. The second-order valence-corrected chi connectivity index (χ2v) is 7.13. The maximum absolute atomic E-state index is 13.1. The van der Waals surface area contributed by atoms with E-state index >= 15 is 0 Å². The van der Waals surface area contributed by atoms with Gasteiger partial charge in [-0.1, -0.05) is 36.4 Å². The zero-order chi connectivity index (χ0) is 18.2. The first-order valence-corrected chi connectivity index (χ1v) is 9.38. The van der Waals surface area contributed by atoms with Crippen LogP contribution in [0.3, 0.4) is 0 Å². The van der Waals surface area contributed by atoms with E-state index < -0.39 is 0 Å². The summed E-state index contributed by atoms with van der Waals surface area (Å²) in [6.07, 6.45) is 7.76. The van der Waals surface area contributed by atoms with Crippen LogP contribution in [-0.4, -0.2) is 22.3 Å². The number of rotatable bonds is 3. The lowest BCUT2D eigenvalue weighted by Gasteiger charge is -2.24. The number of likely N-dealkylation sites (tertiary alicyclic amines) is 1. The van der Waals surface area contributed by atoms with Crippen LogP contribution in [0.1, 0.15) is 30.0 Å². The fourth-order valence-corrected chi connectivity index (χ4v) is 4.25. The molecule has 4 nitrogen and oxygen atoms in total. The van der Waals surface area contributed by atoms with Crippen molar-refractivity contribution in [2.24, 2.45) is 0 Å². The number of aromatic nitrogens is 1. The highest BCUT2D eigenvalue weighted by Crippen LogP contribution is 2.34. The lowest BCUT2D eigenvalue weighted by atomic mass is 10.0. The monoisotopic (exact) mass is 356 g/mol. The molecule has 27 heavy (non-hydrogen) atoms. The van der Waals surface area contributed by atoms with E-state index in [0.29, 0.717) is 6.42 Å². The molecule has 2 aromatic heterocycles. The number of hydrogen-bond acceptors (Lipinski definition) is 3. The standard InChI is InChI=1S/C23H20N2O2/c26-22(25-12-4-8-20(25)17-6-3-11-24-14-17)13-18-15-27-21-10-9-16-5-1-2-7-19(16)23(18)21/h1-3,5-7,9-11,14-15,20H,4,8,12-13H2/t20-/m1/s1. The van der Waals surface area contributed by atoms with Gasteiger partial charge in [0.25, 0.3) is 0 Å². The van der Waals surface area contributed by atoms with E-state index in [2.05, 4.69) is 29.2 Å². The number of amides is 1. The minimum atomic E-state index is 0.126. The minimum absolute atomic E-state index is 0.126. The number of pyridine rings is 1.